The summed E-state index contributed by atoms with van der Waals surface area (Å²) in [4.78, 5) is 22.9. The van der Waals surface area contributed by atoms with Gasteiger partial charge in [0.2, 0.25) is 0 Å². The van der Waals surface area contributed by atoms with Crippen molar-refractivity contribution in [3.05, 3.63) is 70.2 Å². The molecule has 5 heteroatoms. The molecule has 108 valence electrons. The number of hydrogen-bond donors (Lipinski definition) is 2. The number of benzene rings is 2. The monoisotopic (exact) mass is 348 g/mol. The van der Waals surface area contributed by atoms with E-state index in [9.17, 15) is 19.8 Å². The Hall–Kier alpha value is -2.14. The summed E-state index contributed by atoms with van der Waals surface area (Å²) in [6, 6.07) is 15.9. The molecule has 0 aromatic heterocycles. The summed E-state index contributed by atoms with van der Waals surface area (Å²) >= 11 is 3.37. The molecule has 1 atom stereocenters. The van der Waals surface area contributed by atoms with Crippen LogP contribution in [0.25, 0.3) is 0 Å². The molecule has 0 radical (unpaired) electrons. The van der Waals surface area contributed by atoms with Gasteiger partial charge in [-0.15, -0.1) is 0 Å². The minimum Gasteiger partial charge on any atom is -0.481 e. The van der Waals surface area contributed by atoms with E-state index >= 15 is 0 Å². The molecule has 0 heterocycles. The van der Waals surface area contributed by atoms with Crippen LogP contribution in [0, 0.1) is 5.92 Å². The zero-order valence-electron chi connectivity index (χ0n) is 10.9. The van der Waals surface area contributed by atoms with Gasteiger partial charge in [0.15, 0.2) is 5.92 Å². The normalized spacial score (nSPS) is 12.1. The van der Waals surface area contributed by atoms with Gasteiger partial charge in [-0.3, -0.25) is 9.59 Å². The first-order valence-electron chi connectivity index (χ1n) is 6.27. The van der Waals surface area contributed by atoms with E-state index in [0.717, 1.165) is 0 Å². The number of halogens is 1. The predicted octanol–water partition coefficient (Wildman–Crippen LogP) is 3.37. The first kappa shape index (κ1) is 15.3. The number of aliphatic carboxylic acids is 2. The molecule has 4 nitrogen and oxygen atoms in total. The maximum absolute atomic E-state index is 11.4. The number of carbonyl (C=O) groups is 2. The lowest BCUT2D eigenvalue weighted by Gasteiger charge is -2.23. The fourth-order valence-electron chi connectivity index (χ4n) is 2.33. The summed E-state index contributed by atoms with van der Waals surface area (Å²) in [6.45, 7) is 0. The van der Waals surface area contributed by atoms with Gasteiger partial charge >= 0.3 is 11.9 Å². The van der Waals surface area contributed by atoms with Crippen LogP contribution < -0.4 is 0 Å². The predicted molar refractivity (Wildman–Crippen MR) is 81.2 cm³/mol. The number of rotatable bonds is 5. The SMILES string of the molecule is O=C(O)C(C(=O)O)[C@@H](c1ccccc1)c1ccccc1Br. The molecular formula is C16H13BrO4. The van der Waals surface area contributed by atoms with Gasteiger partial charge in [-0.25, -0.2) is 0 Å². The zero-order chi connectivity index (χ0) is 15.4. The maximum atomic E-state index is 11.4. The van der Waals surface area contributed by atoms with Crippen molar-refractivity contribution in [1.82, 2.24) is 0 Å². The number of carboxylic acids is 2. The van der Waals surface area contributed by atoms with Gasteiger partial charge in [0.1, 0.15) is 0 Å². The second kappa shape index (κ2) is 6.54. The van der Waals surface area contributed by atoms with Gasteiger partial charge < -0.3 is 10.2 Å². The van der Waals surface area contributed by atoms with Gasteiger partial charge in [0.05, 0.1) is 0 Å². The quantitative estimate of drug-likeness (QED) is 0.812. The van der Waals surface area contributed by atoms with Crippen LogP contribution in [0.2, 0.25) is 0 Å². The Bertz CT molecular complexity index is 640. The lowest BCUT2D eigenvalue weighted by molar-refractivity contribution is -0.155. The molecule has 0 amide bonds. The van der Waals surface area contributed by atoms with E-state index in [2.05, 4.69) is 15.9 Å². The highest BCUT2D eigenvalue weighted by Gasteiger charge is 2.37. The van der Waals surface area contributed by atoms with Crippen molar-refractivity contribution in [2.45, 2.75) is 5.92 Å². The Morgan fingerprint density at radius 3 is 1.90 bits per heavy atom. The fraction of sp³-hybridized carbons (Fsp3) is 0.125. The molecule has 0 unspecified atom stereocenters. The number of hydrogen-bond acceptors (Lipinski definition) is 2. The van der Waals surface area contributed by atoms with Gasteiger partial charge in [-0.1, -0.05) is 64.5 Å². The summed E-state index contributed by atoms with van der Waals surface area (Å²) in [5, 5.41) is 18.7. The van der Waals surface area contributed by atoms with Crippen LogP contribution in [0.15, 0.2) is 59.1 Å². The van der Waals surface area contributed by atoms with E-state index in [1.807, 2.05) is 0 Å². The Balaban J connectivity index is 2.63. The molecular weight excluding hydrogens is 336 g/mol. The highest BCUT2D eigenvalue weighted by molar-refractivity contribution is 9.10. The topological polar surface area (TPSA) is 74.6 Å². The van der Waals surface area contributed by atoms with E-state index in [-0.39, 0.29) is 0 Å². The van der Waals surface area contributed by atoms with Crippen LogP contribution in [0.1, 0.15) is 17.0 Å². The lowest BCUT2D eigenvalue weighted by atomic mass is 9.80. The van der Waals surface area contributed by atoms with Crippen LogP contribution in [0.5, 0.6) is 0 Å². The Labute approximate surface area is 130 Å². The van der Waals surface area contributed by atoms with Crippen molar-refractivity contribution >= 4 is 27.9 Å². The molecule has 0 aliphatic rings. The molecule has 0 saturated carbocycles. The third-order valence-electron chi connectivity index (χ3n) is 3.26. The summed E-state index contributed by atoms with van der Waals surface area (Å²) < 4.78 is 0.686. The second-order valence-corrected chi connectivity index (χ2v) is 5.42. The molecule has 2 aromatic carbocycles. The van der Waals surface area contributed by atoms with Crippen molar-refractivity contribution in [2.24, 2.45) is 5.92 Å². The van der Waals surface area contributed by atoms with E-state index in [0.29, 0.717) is 15.6 Å². The molecule has 0 fully saturated rings. The molecule has 2 rings (SSSR count). The maximum Gasteiger partial charge on any atom is 0.318 e. The highest BCUT2D eigenvalue weighted by atomic mass is 79.9. The third kappa shape index (κ3) is 3.31. The van der Waals surface area contributed by atoms with Gasteiger partial charge in [-0.2, -0.15) is 0 Å². The summed E-state index contributed by atoms with van der Waals surface area (Å²) in [6.07, 6.45) is 0. The summed E-state index contributed by atoms with van der Waals surface area (Å²) in [5.74, 6) is -5.03. The largest absolute Gasteiger partial charge is 0.481 e. The molecule has 21 heavy (non-hydrogen) atoms. The number of carboxylic acid groups (broad SMARTS) is 2. The van der Waals surface area contributed by atoms with Crippen molar-refractivity contribution < 1.29 is 19.8 Å². The molecule has 0 bridgehead atoms. The van der Waals surface area contributed by atoms with Gasteiger partial charge in [0, 0.05) is 10.4 Å². The van der Waals surface area contributed by atoms with Crippen molar-refractivity contribution in [1.29, 1.82) is 0 Å². The van der Waals surface area contributed by atoms with Crippen LogP contribution in [-0.2, 0) is 9.59 Å². The van der Waals surface area contributed by atoms with Gasteiger partial charge in [0.25, 0.3) is 0 Å². The van der Waals surface area contributed by atoms with E-state index in [4.69, 9.17) is 0 Å². The van der Waals surface area contributed by atoms with Crippen molar-refractivity contribution in [3.8, 4) is 0 Å². The summed E-state index contributed by atoms with van der Waals surface area (Å²) in [7, 11) is 0. The third-order valence-corrected chi connectivity index (χ3v) is 3.99. The molecule has 2 aromatic rings. The molecule has 0 spiro atoms. The lowest BCUT2D eigenvalue weighted by Crippen LogP contribution is -2.30. The first-order valence-corrected chi connectivity index (χ1v) is 7.06. The van der Waals surface area contributed by atoms with Crippen LogP contribution in [-0.4, -0.2) is 22.2 Å². The van der Waals surface area contributed by atoms with Crippen LogP contribution in [0.3, 0.4) is 0 Å². The highest BCUT2D eigenvalue weighted by Crippen LogP contribution is 2.36. The Morgan fingerprint density at radius 2 is 1.38 bits per heavy atom. The Kier molecular flexibility index (Phi) is 4.75. The average molecular weight is 349 g/mol. The standard InChI is InChI=1S/C16H13BrO4/c17-12-9-5-4-8-11(12)13(10-6-2-1-3-7-10)14(15(18)19)16(20)21/h1-9,13-14H,(H,18,19)(H,20,21)/t13-/m0/s1. The Morgan fingerprint density at radius 1 is 0.857 bits per heavy atom. The van der Waals surface area contributed by atoms with E-state index < -0.39 is 23.8 Å². The minimum atomic E-state index is -1.55. The smallest absolute Gasteiger partial charge is 0.318 e. The molecule has 0 saturated heterocycles. The average Bonchev–Trinajstić information content (AvgIpc) is 2.45. The van der Waals surface area contributed by atoms with Crippen LogP contribution >= 0.6 is 15.9 Å². The molecule has 0 aliphatic carbocycles. The molecule has 0 aliphatic heterocycles. The van der Waals surface area contributed by atoms with Crippen molar-refractivity contribution in [2.75, 3.05) is 0 Å². The minimum absolute atomic E-state index is 0.638. The fourth-order valence-corrected chi connectivity index (χ4v) is 2.86. The van der Waals surface area contributed by atoms with Gasteiger partial charge in [-0.05, 0) is 17.2 Å². The second-order valence-electron chi connectivity index (χ2n) is 4.56. The van der Waals surface area contributed by atoms with E-state index in [1.54, 1.807) is 54.6 Å². The van der Waals surface area contributed by atoms with Crippen molar-refractivity contribution in [3.63, 3.8) is 0 Å². The summed E-state index contributed by atoms with van der Waals surface area (Å²) in [5.41, 5.74) is 1.29. The van der Waals surface area contributed by atoms with Crippen LogP contribution in [0.4, 0.5) is 0 Å². The van der Waals surface area contributed by atoms with E-state index in [1.165, 1.54) is 0 Å². The first-order chi connectivity index (χ1) is 10.0. The molecule has 2 N–H and O–H groups in total. The zero-order valence-corrected chi connectivity index (χ0v) is 12.5.